The number of urea groups is 1. The molecule has 3 aromatic rings. The molecule has 4 rings (SSSR count). The second-order valence-corrected chi connectivity index (χ2v) is 7.97. The minimum atomic E-state index is -0.760. The molecule has 13 nitrogen and oxygen atoms in total. The molecule has 0 atom stereocenters. The van der Waals surface area contributed by atoms with Gasteiger partial charge in [-0.3, -0.25) is 24.6 Å². The van der Waals surface area contributed by atoms with E-state index in [-0.39, 0.29) is 35.1 Å². The Bertz CT molecular complexity index is 1500. The van der Waals surface area contributed by atoms with Gasteiger partial charge in [-0.1, -0.05) is 6.07 Å². The number of methoxy groups -OCH3 is 1. The van der Waals surface area contributed by atoms with Crippen molar-refractivity contribution in [2.45, 2.75) is 6.54 Å². The molecule has 0 unspecified atom stereocenters. The summed E-state index contributed by atoms with van der Waals surface area (Å²) in [5.41, 5.74) is -0.129. The zero-order valence-corrected chi connectivity index (χ0v) is 20.1. The summed E-state index contributed by atoms with van der Waals surface area (Å²) < 4.78 is 28.1. The van der Waals surface area contributed by atoms with E-state index in [0.717, 1.165) is 23.1 Å². The number of benzene rings is 2. The molecule has 1 aromatic heterocycles. The lowest BCUT2D eigenvalue weighted by Crippen LogP contribution is -2.30. The van der Waals surface area contributed by atoms with E-state index in [9.17, 15) is 33.7 Å². The van der Waals surface area contributed by atoms with Gasteiger partial charge in [0.15, 0.2) is 12.4 Å². The van der Waals surface area contributed by atoms with Crippen molar-refractivity contribution in [1.82, 2.24) is 10.2 Å². The highest BCUT2D eigenvalue weighted by atomic mass is 19.1. The Labute approximate surface area is 218 Å². The number of ether oxygens (including phenoxy) is 2. The van der Waals surface area contributed by atoms with E-state index in [1.807, 2.05) is 0 Å². The molecule has 0 saturated carbocycles. The van der Waals surface area contributed by atoms with Gasteiger partial charge < -0.3 is 24.5 Å². The van der Waals surface area contributed by atoms with E-state index in [1.54, 1.807) is 0 Å². The van der Waals surface area contributed by atoms with Crippen LogP contribution in [0, 0.1) is 15.9 Å². The number of carbonyl (C=O) groups is 4. The average molecular weight is 538 g/mol. The Morgan fingerprint density at radius 1 is 1.15 bits per heavy atom. The minimum absolute atomic E-state index is 0.0992. The van der Waals surface area contributed by atoms with Crippen LogP contribution in [0.5, 0.6) is 5.75 Å². The number of nitro benzene ring substituents is 1. The second-order valence-electron chi connectivity index (χ2n) is 7.97. The first kappa shape index (κ1) is 26.5. The molecule has 1 saturated heterocycles. The fourth-order valence-corrected chi connectivity index (χ4v) is 3.47. The highest BCUT2D eigenvalue weighted by Crippen LogP contribution is 2.29. The predicted molar refractivity (Wildman–Crippen MR) is 131 cm³/mol. The van der Waals surface area contributed by atoms with E-state index in [2.05, 4.69) is 15.4 Å². The molecule has 0 bridgehead atoms. The van der Waals surface area contributed by atoms with E-state index < -0.39 is 46.8 Å². The number of esters is 1. The Morgan fingerprint density at radius 3 is 2.59 bits per heavy atom. The lowest BCUT2D eigenvalue weighted by Gasteiger charge is -2.09. The first-order valence-electron chi connectivity index (χ1n) is 11.1. The molecule has 0 radical (unpaired) electrons. The molecule has 1 aliphatic rings. The van der Waals surface area contributed by atoms with Gasteiger partial charge >= 0.3 is 17.7 Å². The molecule has 1 fully saturated rings. The van der Waals surface area contributed by atoms with E-state index in [0.29, 0.717) is 5.69 Å². The molecule has 2 N–H and O–H groups in total. The molecule has 1 aliphatic heterocycles. The topological polar surface area (TPSA) is 170 Å². The van der Waals surface area contributed by atoms with Crippen LogP contribution in [0.2, 0.25) is 0 Å². The largest absolute Gasteiger partial charge is 0.477 e. The molecular weight excluding hydrogens is 519 g/mol. The number of imide groups is 1. The summed E-state index contributed by atoms with van der Waals surface area (Å²) in [6.07, 6.45) is 1.24. The van der Waals surface area contributed by atoms with Gasteiger partial charge in [0, 0.05) is 11.8 Å². The van der Waals surface area contributed by atoms with Crippen LogP contribution in [0.1, 0.15) is 21.9 Å². The van der Waals surface area contributed by atoms with Gasteiger partial charge in [0.1, 0.15) is 17.3 Å². The van der Waals surface area contributed by atoms with Gasteiger partial charge in [0.25, 0.3) is 11.8 Å². The summed E-state index contributed by atoms with van der Waals surface area (Å²) in [6, 6.07) is 10.7. The number of nitrogens with one attached hydrogen (secondary N) is 2. The number of nitrogens with zero attached hydrogens (tertiary/aromatic N) is 2. The van der Waals surface area contributed by atoms with Crippen LogP contribution in [-0.4, -0.2) is 47.4 Å². The van der Waals surface area contributed by atoms with Crippen molar-refractivity contribution in [2.24, 2.45) is 0 Å². The summed E-state index contributed by atoms with van der Waals surface area (Å²) in [5.74, 6) is -2.71. The van der Waals surface area contributed by atoms with E-state index >= 15 is 0 Å². The van der Waals surface area contributed by atoms with Crippen LogP contribution in [0.25, 0.3) is 6.08 Å². The van der Waals surface area contributed by atoms with Gasteiger partial charge in [-0.25, -0.2) is 14.0 Å². The van der Waals surface area contributed by atoms with Gasteiger partial charge in [-0.15, -0.1) is 0 Å². The van der Waals surface area contributed by atoms with Gasteiger partial charge in [0.05, 0.1) is 18.6 Å². The van der Waals surface area contributed by atoms with Crippen LogP contribution >= 0.6 is 0 Å². The monoisotopic (exact) mass is 538 g/mol. The summed E-state index contributed by atoms with van der Waals surface area (Å²) in [7, 11) is 1.18. The van der Waals surface area contributed by atoms with Crippen LogP contribution in [-0.2, 0) is 20.9 Å². The third-order valence-corrected chi connectivity index (χ3v) is 5.30. The molecule has 4 amide bonds. The fourth-order valence-electron chi connectivity index (χ4n) is 3.47. The maximum Gasteiger partial charge on any atom is 0.373 e. The van der Waals surface area contributed by atoms with E-state index in [4.69, 9.17) is 9.15 Å². The standard InChI is InChI=1S/C25H19FN4O9/c1-37-24(33)21-9-7-17(39-21)12-29-23(32)18(28-25(29)34)10-14-2-8-20(19(11-14)30(35)36)38-13-22(31)27-16-5-3-15(26)4-6-16/h2-11H,12-13H2,1H3,(H,27,31)(H,28,34)/b18-10-. The second kappa shape index (κ2) is 11.2. The Kier molecular flexibility index (Phi) is 7.65. The highest BCUT2D eigenvalue weighted by molar-refractivity contribution is 6.13. The SMILES string of the molecule is COC(=O)c1ccc(CN2C(=O)N/C(=C\c3ccc(OCC(=O)Nc4ccc(F)cc4)c([N+](=O)[O-])c3)C2=O)o1. The van der Waals surface area contributed by atoms with Crippen LogP contribution in [0.4, 0.5) is 20.6 Å². The van der Waals surface area contributed by atoms with Crippen LogP contribution < -0.4 is 15.4 Å². The number of nitro groups is 1. The third kappa shape index (κ3) is 6.25. The Hall–Kier alpha value is -5.53. The molecule has 39 heavy (non-hydrogen) atoms. The summed E-state index contributed by atoms with van der Waals surface area (Å²) >= 11 is 0. The van der Waals surface area contributed by atoms with Crippen molar-refractivity contribution in [1.29, 1.82) is 0 Å². The maximum absolute atomic E-state index is 13.0. The zero-order chi connectivity index (χ0) is 28.1. The number of anilines is 1. The van der Waals surface area contributed by atoms with Crippen molar-refractivity contribution in [3.05, 3.63) is 93.3 Å². The fraction of sp³-hybridized carbons (Fsp3) is 0.120. The smallest absolute Gasteiger partial charge is 0.373 e. The normalized spacial score (nSPS) is 13.8. The number of rotatable bonds is 9. The minimum Gasteiger partial charge on any atom is -0.477 e. The lowest BCUT2D eigenvalue weighted by molar-refractivity contribution is -0.385. The lowest BCUT2D eigenvalue weighted by atomic mass is 10.1. The number of amides is 4. The van der Waals surface area contributed by atoms with Crippen molar-refractivity contribution in [3.63, 3.8) is 0 Å². The molecule has 2 aromatic carbocycles. The third-order valence-electron chi connectivity index (χ3n) is 5.30. The number of halogens is 1. The number of hydrogen-bond donors (Lipinski definition) is 2. The molecule has 0 aliphatic carbocycles. The predicted octanol–water partition coefficient (Wildman–Crippen LogP) is 3.22. The van der Waals surface area contributed by atoms with Crippen molar-refractivity contribution < 1.29 is 42.4 Å². The number of furan rings is 1. The number of hydrogen-bond acceptors (Lipinski definition) is 9. The summed E-state index contributed by atoms with van der Waals surface area (Å²) in [5, 5.41) is 16.4. The average Bonchev–Trinajstić information content (AvgIpc) is 3.49. The van der Waals surface area contributed by atoms with Crippen molar-refractivity contribution >= 4 is 41.3 Å². The van der Waals surface area contributed by atoms with Crippen LogP contribution in [0.15, 0.2) is 64.7 Å². The van der Waals surface area contributed by atoms with Gasteiger partial charge in [0.2, 0.25) is 5.76 Å². The van der Waals surface area contributed by atoms with Crippen molar-refractivity contribution in [2.75, 3.05) is 19.0 Å². The number of carbonyl (C=O) groups excluding carboxylic acids is 4. The quantitative estimate of drug-likeness (QED) is 0.136. The van der Waals surface area contributed by atoms with Crippen molar-refractivity contribution in [3.8, 4) is 5.75 Å². The maximum atomic E-state index is 13.0. The van der Waals surface area contributed by atoms with Crippen LogP contribution in [0.3, 0.4) is 0 Å². The summed E-state index contributed by atoms with van der Waals surface area (Å²) in [6.45, 7) is -0.835. The van der Waals surface area contributed by atoms with Gasteiger partial charge in [-0.2, -0.15) is 0 Å². The molecular formula is C25H19FN4O9. The Morgan fingerprint density at radius 2 is 1.90 bits per heavy atom. The highest BCUT2D eigenvalue weighted by Gasteiger charge is 2.34. The molecule has 14 heteroatoms. The first-order valence-corrected chi connectivity index (χ1v) is 11.1. The zero-order valence-electron chi connectivity index (χ0n) is 20.1. The van der Waals surface area contributed by atoms with E-state index in [1.165, 1.54) is 49.6 Å². The molecule has 0 spiro atoms. The molecule has 200 valence electrons. The first-order chi connectivity index (χ1) is 18.6. The summed E-state index contributed by atoms with van der Waals surface area (Å²) in [4.78, 5) is 60.5. The Balaban J connectivity index is 1.44. The molecule has 2 heterocycles. The van der Waals surface area contributed by atoms with Gasteiger partial charge in [-0.05, 0) is 54.1 Å².